The molecule has 0 saturated heterocycles. The largest absolute Gasteiger partial charge is 0.345 e. The monoisotopic (exact) mass is 258 g/mol. The van der Waals surface area contributed by atoms with Gasteiger partial charge in [0, 0.05) is 19.8 Å². The molecule has 96 valence electrons. The van der Waals surface area contributed by atoms with Gasteiger partial charge in [0.05, 0.1) is 17.3 Å². The van der Waals surface area contributed by atoms with Crippen LogP contribution in [0.15, 0.2) is 12.4 Å². The van der Waals surface area contributed by atoms with Crippen molar-refractivity contribution in [2.24, 2.45) is 18.7 Å². The molecule has 6 heteroatoms. The first-order chi connectivity index (χ1) is 7.55. The number of hydrogen-bond acceptors (Lipinski definition) is 3. The van der Waals surface area contributed by atoms with E-state index in [0.29, 0.717) is 18.0 Å². The lowest BCUT2D eigenvalue weighted by Crippen LogP contribution is -2.53. The Kier molecular flexibility index (Phi) is 4.16. The molecule has 1 aromatic heterocycles. The van der Waals surface area contributed by atoms with Crippen LogP contribution in [0.3, 0.4) is 0 Å². The summed E-state index contributed by atoms with van der Waals surface area (Å²) < 4.78 is 1.62. The third-order valence-corrected chi connectivity index (χ3v) is 3.27. The van der Waals surface area contributed by atoms with Crippen LogP contribution in [0.4, 0.5) is 0 Å². The molecule has 2 rings (SSSR count). The average Bonchev–Trinajstić information content (AvgIpc) is 3.02. The fourth-order valence-corrected chi connectivity index (χ4v) is 1.91. The Balaban J connectivity index is 0.00000144. The Bertz CT molecular complexity index is 402. The molecule has 0 aromatic carbocycles. The second kappa shape index (κ2) is 5.06. The first kappa shape index (κ1) is 14.0. The highest BCUT2D eigenvalue weighted by atomic mass is 35.5. The highest BCUT2D eigenvalue weighted by Crippen LogP contribution is 2.39. The van der Waals surface area contributed by atoms with Crippen molar-refractivity contribution in [1.82, 2.24) is 15.1 Å². The molecule has 1 aromatic rings. The molecular formula is C11H19ClN4O. The smallest absolute Gasteiger partial charge is 0.254 e. The van der Waals surface area contributed by atoms with Gasteiger partial charge in [0.1, 0.15) is 0 Å². The Labute approximate surface area is 107 Å². The van der Waals surface area contributed by atoms with Gasteiger partial charge in [-0.25, -0.2) is 0 Å². The predicted molar refractivity (Wildman–Crippen MR) is 68.1 cm³/mol. The molecule has 1 atom stereocenters. The van der Waals surface area contributed by atoms with Crippen molar-refractivity contribution < 1.29 is 4.79 Å². The van der Waals surface area contributed by atoms with Crippen LogP contribution in [0.2, 0.25) is 0 Å². The lowest BCUT2D eigenvalue weighted by Gasteiger charge is -2.29. The number of rotatable bonds is 4. The quantitative estimate of drug-likeness (QED) is 0.835. The second-order valence-electron chi connectivity index (χ2n) is 4.75. The highest BCUT2D eigenvalue weighted by Gasteiger charge is 2.41. The standard InChI is InChI=1S/C11H18N4O.ClH/c1-11(7-12,9-3-4-9)14-10(16)8-5-13-15(2)6-8;/h5-6,9H,3-4,7,12H2,1-2H3,(H,14,16);1H. The summed E-state index contributed by atoms with van der Waals surface area (Å²) in [4.78, 5) is 11.9. The van der Waals surface area contributed by atoms with Gasteiger partial charge in [0.2, 0.25) is 0 Å². The van der Waals surface area contributed by atoms with Gasteiger partial charge in [0.25, 0.3) is 5.91 Å². The van der Waals surface area contributed by atoms with Gasteiger partial charge in [0.15, 0.2) is 0 Å². The topological polar surface area (TPSA) is 72.9 Å². The van der Waals surface area contributed by atoms with Crippen molar-refractivity contribution in [2.75, 3.05) is 6.54 Å². The molecule has 0 bridgehead atoms. The number of carbonyl (C=O) groups excluding carboxylic acids is 1. The molecule has 1 saturated carbocycles. The summed E-state index contributed by atoms with van der Waals surface area (Å²) in [6.07, 6.45) is 5.58. The second-order valence-corrected chi connectivity index (χ2v) is 4.75. The number of aromatic nitrogens is 2. The molecule has 1 aliphatic carbocycles. The van der Waals surface area contributed by atoms with Crippen LogP contribution in [-0.4, -0.2) is 27.8 Å². The van der Waals surface area contributed by atoms with Crippen LogP contribution in [0, 0.1) is 5.92 Å². The third kappa shape index (κ3) is 2.98. The summed E-state index contributed by atoms with van der Waals surface area (Å²) in [6.45, 7) is 2.49. The summed E-state index contributed by atoms with van der Waals surface area (Å²) in [5.74, 6) is 0.436. The van der Waals surface area contributed by atoms with E-state index in [9.17, 15) is 4.79 Å². The maximum absolute atomic E-state index is 11.9. The number of nitrogens with two attached hydrogens (primary N) is 1. The summed E-state index contributed by atoms with van der Waals surface area (Å²) >= 11 is 0. The third-order valence-electron chi connectivity index (χ3n) is 3.27. The van der Waals surface area contributed by atoms with Crippen molar-refractivity contribution in [2.45, 2.75) is 25.3 Å². The molecule has 1 amide bonds. The molecule has 3 N–H and O–H groups in total. The molecule has 1 heterocycles. The van der Waals surface area contributed by atoms with E-state index >= 15 is 0 Å². The SMILES string of the molecule is Cl.Cn1cc(C(=O)NC(C)(CN)C2CC2)cn1. The van der Waals surface area contributed by atoms with Crippen molar-refractivity contribution in [1.29, 1.82) is 0 Å². The van der Waals surface area contributed by atoms with E-state index in [-0.39, 0.29) is 23.9 Å². The van der Waals surface area contributed by atoms with Crippen LogP contribution < -0.4 is 11.1 Å². The molecule has 1 unspecified atom stereocenters. The molecule has 1 aliphatic rings. The first-order valence-electron chi connectivity index (χ1n) is 5.56. The predicted octanol–water partition coefficient (Wildman–Crippen LogP) is 0.699. The lowest BCUT2D eigenvalue weighted by atomic mass is 9.95. The molecule has 0 spiro atoms. The van der Waals surface area contributed by atoms with Gasteiger partial charge < -0.3 is 11.1 Å². The van der Waals surface area contributed by atoms with E-state index in [0.717, 1.165) is 12.8 Å². The van der Waals surface area contributed by atoms with Crippen LogP contribution in [0.5, 0.6) is 0 Å². The summed E-state index contributed by atoms with van der Waals surface area (Å²) in [5.41, 5.74) is 6.06. The number of hydrogen-bond donors (Lipinski definition) is 2. The minimum absolute atomic E-state index is 0. The van der Waals surface area contributed by atoms with Gasteiger partial charge >= 0.3 is 0 Å². The average molecular weight is 259 g/mol. The van der Waals surface area contributed by atoms with Crippen molar-refractivity contribution in [3.8, 4) is 0 Å². The molecule has 1 fully saturated rings. The van der Waals surface area contributed by atoms with E-state index in [1.165, 1.54) is 0 Å². The zero-order chi connectivity index (χ0) is 11.8. The van der Waals surface area contributed by atoms with Gasteiger partial charge in [-0.15, -0.1) is 12.4 Å². The number of amides is 1. The van der Waals surface area contributed by atoms with Crippen molar-refractivity contribution >= 4 is 18.3 Å². The van der Waals surface area contributed by atoms with E-state index in [2.05, 4.69) is 10.4 Å². The Morgan fingerprint density at radius 2 is 2.35 bits per heavy atom. The van der Waals surface area contributed by atoms with E-state index in [1.54, 1.807) is 24.1 Å². The van der Waals surface area contributed by atoms with E-state index in [4.69, 9.17) is 5.73 Å². The molecule has 0 radical (unpaired) electrons. The van der Waals surface area contributed by atoms with Crippen LogP contribution in [0.25, 0.3) is 0 Å². The highest BCUT2D eigenvalue weighted by molar-refractivity contribution is 5.94. The molecular weight excluding hydrogens is 240 g/mol. The summed E-state index contributed by atoms with van der Waals surface area (Å²) in [7, 11) is 1.79. The molecule has 5 nitrogen and oxygen atoms in total. The molecule has 0 aliphatic heterocycles. The number of aryl methyl sites for hydroxylation is 1. The zero-order valence-electron chi connectivity index (χ0n) is 10.1. The zero-order valence-corrected chi connectivity index (χ0v) is 11.0. The number of halogens is 1. The number of nitrogens with one attached hydrogen (secondary N) is 1. The molecule has 17 heavy (non-hydrogen) atoms. The minimum atomic E-state index is -0.271. The van der Waals surface area contributed by atoms with Crippen LogP contribution >= 0.6 is 12.4 Å². The van der Waals surface area contributed by atoms with Crippen LogP contribution in [0.1, 0.15) is 30.1 Å². The van der Waals surface area contributed by atoms with Gasteiger partial charge in [-0.1, -0.05) is 0 Å². The normalized spacial score (nSPS) is 18.1. The maximum Gasteiger partial charge on any atom is 0.254 e. The summed E-state index contributed by atoms with van der Waals surface area (Å²) in [6, 6.07) is 0. The fourth-order valence-electron chi connectivity index (χ4n) is 1.91. The van der Waals surface area contributed by atoms with Crippen molar-refractivity contribution in [3.63, 3.8) is 0 Å². The van der Waals surface area contributed by atoms with Crippen LogP contribution in [-0.2, 0) is 7.05 Å². The van der Waals surface area contributed by atoms with E-state index < -0.39 is 0 Å². The number of nitrogens with zero attached hydrogens (tertiary/aromatic N) is 2. The fraction of sp³-hybridized carbons (Fsp3) is 0.636. The minimum Gasteiger partial charge on any atom is -0.345 e. The summed E-state index contributed by atoms with van der Waals surface area (Å²) in [5, 5.41) is 7.00. The maximum atomic E-state index is 11.9. The van der Waals surface area contributed by atoms with E-state index in [1.807, 2.05) is 6.92 Å². The number of carbonyl (C=O) groups is 1. The van der Waals surface area contributed by atoms with Crippen molar-refractivity contribution in [3.05, 3.63) is 18.0 Å². The Hall–Kier alpha value is -1.07. The van der Waals surface area contributed by atoms with Gasteiger partial charge in [-0.2, -0.15) is 5.10 Å². The van der Waals surface area contributed by atoms with Gasteiger partial charge in [-0.05, 0) is 25.7 Å². The Morgan fingerprint density at radius 1 is 1.71 bits per heavy atom. The van der Waals surface area contributed by atoms with Gasteiger partial charge in [-0.3, -0.25) is 9.48 Å². The first-order valence-corrected chi connectivity index (χ1v) is 5.56. The Morgan fingerprint density at radius 3 is 2.76 bits per heavy atom. The lowest BCUT2D eigenvalue weighted by molar-refractivity contribution is 0.0898.